The number of nitrogens with zero attached hydrogens (tertiary/aromatic N) is 1. The second-order valence-corrected chi connectivity index (χ2v) is 3.97. The molecule has 0 bridgehead atoms. The van der Waals surface area contributed by atoms with Crippen LogP contribution >= 0.6 is 0 Å². The molecule has 1 N–H and O–H groups in total. The molecule has 0 aromatic heterocycles. The van der Waals surface area contributed by atoms with Crippen LogP contribution in [0.3, 0.4) is 0 Å². The lowest BCUT2D eigenvalue weighted by molar-refractivity contribution is 0.373. The van der Waals surface area contributed by atoms with Crippen LogP contribution < -0.4 is 4.74 Å². The maximum atomic E-state index is 9.53. The molecule has 0 heterocycles. The van der Waals surface area contributed by atoms with Crippen molar-refractivity contribution >= 4 is 11.6 Å². The number of hydrogen-bond acceptors (Lipinski definition) is 3. The molecule has 0 aliphatic carbocycles. The summed E-state index contributed by atoms with van der Waals surface area (Å²) in [5.41, 5.74) is 2.22. The first-order chi connectivity index (χ1) is 9.24. The Labute approximate surface area is 112 Å². The Morgan fingerprint density at radius 1 is 1.21 bits per heavy atom. The lowest BCUT2D eigenvalue weighted by atomic mass is 10.0. The monoisotopic (exact) mass is 251 g/mol. The molecule has 19 heavy (non-hydrogen) atoms. The van der Waals surface area contributed by atoms with Crippen LogP contribution in [-0.4, -0.2) is 12.2 Å². The molecule has 2 aromatic carbocycles. The van der Waals surface area contributed by atoms with Crippen LogP contribution in [0.5, 0.6) is 11.5 Å². The topological polar surface area (TPSA) is 53.2 Å². The Balaban J connectivity index is 2.42. The van der Waals surface area contributed by atoms with E-state index in [-0.39, 0.29) is 5.75 Å². The van der Waals surface area contributed by atoms with E-state index in [2.05, 4.69) is 6.07 Å². The van der Waals surface area contributed by atoms with Crippen LogP contribution in [0.1, 0.15) is 11.1 Å². The van der Waals surface area contributed by atoms with E-state index < -0.39 is 0 Å². The lowest BCUT2D eigenvalue weighted by Crippen LogP contribution is -1.85. The van der Waals surface area contributed by atoms with Gasteiger partial charge in [-0.05, 0) is 29.3 Å². The van der Waals surface area contributed by atoms with Crippen molar-refractivity contribution in [2.24, 2.45) is 0 Å². The molecule has 0 fully saturated rings. The molecular weight excluding hydrogens is 238 g/mol. The minimum Gasteiger partial charge on any atom is -0.504 e. The summed E-state index contributed by atoms with van der Waals surface area (Å²) in [6, 6.07) is 16.6. The highest BCUT2D eigenvalue weighted by Crippen LogP contribution is 2.28. The van der Waals surface area contributed by atoms with E-state index in [1.807, 2.05) is 30.3 Å². The Morgan fingerprint density at radius 2 is 1.95 bits per heavy atom. The molecule has 0 spiro atoms. The number of methoxy groups -OCH3 is 1. The van der Waals surface area contributed by atoms with Crippen molar-refractivity contribution in [3.63, 3.8) is 0 Å². The summed E-state index contributed by atoms with van der Waals surface area (Å²) >= 11 is 0. The van der Waals surface area contributed by atoms with Gasteiger partial charge in [-0.3, -0.25) is 0 Å². The van der Waals surface area contributed by atoms with E-state index in [1.54, 1.807) is 24.3 Å². The van der Waals surface area contributed by atoms with Crippen molar-refractivity contribution in [3.05, 3.63) is 59.7 Å². The fraction of sp³-hybridized carbons (Fsp3) is 0.0625. The van der Waals surface area contributed by atoms with Gasteiger partial charge in [-0.15, -0.1) is 0 Å². The molecule has 0 aliphatic rings. The van der Waals surface area contributed by atoms with E-state index >= 15 is 0 Å². The Kier molecular flexibility index (Phi) is 3.84. The van der Waals surface area contributed by atoms with Crippen LogP contribution in [0.2, 0.25) is 0 Å². The molecule has 0 saturated carbocycles. The van der Waals surface area contributed by atoms with Gasteiger partial charge in [0.2, 0.25) is 0 Å². The summed E-state index contributed by atoms with van der Waals surface area (Å²) in [5, 5.41) is 18.8. The van der Waals surface area contributed by atoms with Gasteiger partial charge in [0.25, 0.3) is 0 Å². The fourth-order valence-corrected chi connectivity index (χ4v) is 1.75. The number of aromatic hydroxyl groups is 1. The SMILES string of the molecule is COc1cc(/C=C(\C#N)c2ccccc2)ccc1O. The second kappa shape index (κ2) is 5.74. The van der Waals surface area contributed by atoms with E-state index in [0.29, 0.717) is 11.3 Å². The van der Waals surface area contributed by atoms with Crippen molar-refractivity contribution in [2.75, 3.05) is 7.11 Å². The van der Waals surface area contributed by atoms with Crippen molar-refractivity contribution in [1.29, 1.82) is 5.26 Å². The standard InChI is InChI=1S/C16H13NO2/c1-19-16-10-12(7-8-15(16)18)9-14(11-17)13-5-3-2-4-6-13/h2-10,18H,1H3/b14-9+. The molecule has 2 aromatic rings. The van der Waals surface area contributed by atoms with Crippen LogP contribution in [-0.2, 0) is 0 Å². The van der Waals surface area contributed by atoms with E-state index in [9.17, 15) is 10.4 Å². The summed E-state index contributed by atoms with van der Waals surface area (Å²) in [7, 11) is 1.49. The molecule has 2 rings (SSSR count). The fourth-order valence-electron chi connectivity index (χ4n) is 1.75. The number of hydrogen-bond donors (Lipinski definition) is 1. The number of phenolic OH excluding ortho intramolecular Hbond substituents is 1. The number of rotatable bonds is 3. The van der Waals surface area contributed by atoms with Gasteiger partial charge in [-0.25, -0.2) is 0 Å². The predicted octanol–water partition coefficient (Wildman–Crippen LogP) is 3.46. The highest BCUT2D eigenvalue weighted by Gasteiger charge is 2.04. The van der Waals surface area contributed by atoms with Crippen molar-refractivity contribution in [2.45, 2.75) is 0 Å². The summed E-state index contributed by atoms with van der Waals surface area (Å²) in [6.45, 7) is 0. The molecule has 0 radical (unpaired) electrons. The minimum absolute atomic E-state index is 0.0814. The Hall–Kier alpha value is -2.73. The number of benzene rings is 2. The van der Waals surface area contributed by atoms with Gasteiger partial charge in [-0.2, -0.15) is 5.26 Å². The number of phenols is 1. The van der Waals surface area contributed by atoms with Gasteiger partial charge in [0, 0.05) is 0 Å². The molecule has 0 atom stereocenters. The number of allylic oxidation sites excluding steroid dienone is 1. The van der Waals surface area contributed by atoms with Gasteiger partial charge in [-0.1, -0.05) is 36.4 Å². The van der Waals surface area contributed by atoms with Gasteiger partial charge < -0.3 is 9.84 Å². The molecule has 94 valence electrons. The summed E-state index contributed by atoms with van der Waals surface area (Å²) < 4.78 is 5.04. The molecule has 0 saturated heterocycles. The number of nitriles is 1. The summed E-state index contributed by atoms with van der Waals surface area (Å²) in [6.07, 6.45) is 1.76. The van der Waals surface area contributed by atoms with Gasteiger partial charge in [0.1, 0.15) is 0 Å². The quantitative estimate of drug-likeness (QED) is 0.671. The first-order valence-corrected chi connectivity index (χ1v) is 5.79. The first kappa shape index (κ1) is 12.7. The zero-order valence-electron chi connectivity index (χ0n) is 10.5. The lowest BCUT2D eigenvalue weighted by Gasteiger charge is -2.04. The van der Waals surface area contributed by atoms with Crippen LogP contribution in [0.4, 0.5) is 0 Å². The largest absolute Gasteiger partial charge is 0.504 e. The molecule has 0 amide bonds. The predicted molar refractivity (Wildman–Crippen MR) is 74.6 cm³/mol. The van der Waals surface area contributed by atoms with E-state index in [0.717, 1.165) is 11.1 Å². The minimum atomic E-state index is 0.0814. The average Bonchev–Trinajstić information content (AvgIpc) is 2.47. The molecule has 0 unspecified atom stereocenters. The van der Waals surface area contributed by atoms with E-state index in [1.165, 1.54) is 7.11 Å². The third-order valence-corrected chi connectivity index (χ3v) is 2.72. The normalized spacial score (nSPS) is 10.8. The maximum absolute atomic E-state index is 9.53. The van der Waals surface area contributed by atoms with Crippen molar-refractivity contribution in [3.8, 4) is 17.6 Å². The summed E-state index contributed by atoms with van der Waals surface area (Å²) in [5.74, 6) is 0.469. The summed E-state index contributed by atoms with van der Waals surface area (Å²) in [4.78, 5) is 0. The third kappa shape index (κ3) is 2.93. The molecule has 0 aliphatic heterocycles. The van der Waals surface area contributed by atoms with Crippen molar-refractivity contribution < 1.29 is 9.84 Å². The second-order valence-electron chi connectivity index (χ2n) is 3.97. The highest BCUT2D eigenvalue weighted by molar-refractivity contribution is 5.89. The smallest absolute Gasteiger partial charge is 0.161 e. The third-order valence-electron chi connectivity index (χ3n) is 2.72. The molecule has 3 nitrogen and oxygen atoms in total. The zero-order chi connectivity index (χ0) is 13.7. The average molecular weight is 251 g/mol. The van der Waals surface area contributed by atoms with Crippen molar-refractivity contribution in [1.82, 2.24) is 0 Å². The number of ether oxygens (including phenoxy) is 1. The van der Waals surface area contributed by atoms with Gasteiger partial charge in [0.05, 0.1) is 18.8 Å². The van der Waals surface area contributed by atoms with Gasteiger partial charge >= 0.3 is 0 Å². The maximum Gasteiger partial charge on any atom is 0.161 e. The van der Waals surface area contributed by atoms with Crippen LogP contribution in [0.15, 0.2) is 48.5 Å². The molecule has 3 heteroatoms. The van der Waals surface area contributed by atoms with Crippen LogP contribution in [0, 0.1) is 11.3 Å². The molecular formula is C16H13NO2. The van der Waals surface area contributed by atoms with Crippen LogP contribution in [0.25, 0.3) is 11.6 Å². The first-order valence-electron chi connectivity index (χ1n) is 5.79. The van der Waals surface area contributed by atoms with Gasteiger partial charge in [0.15, 0.2) is 11.5 Å². The van der Waals surface area contributed by atoms with E-state index in [4.69, 9.17) is 4.74 Å². The Bertz CT molecular complexity index is 640. The Morgan fingerprint density at radius 3 is 2.58 bits per heavy atom. The zero-order valence-corrected chi connectivity index (χ0v) is 10.5. The highest BCUT2D eigenvalue weighted by atomic mass is 16.5.